The lowest BCUT2D eigenvalue weighted by Gasteiger charge is -2.43. The molecule has 0 aliphatic heterocycles. The number of aromatic nitrogens is 2. The van der Waals surface area contributed by atoms with Crippen LogP contribution in [0.4, 0.5) is 8.78 Å². The smallest absolute Gasteiger partial charge is 0.272 e. The molecule has 4 bridgehead atoms. The van der Waals surface area contributed by atoms with Crippen LogP contribution in [0, 0.1) is 33.8 Å². The SMILES string of the molecule is CC12CCC(C1)C(C)(C)C2NC(=O)c1nn(-c2ccc(F)cc2F)c2c1C1CCC2(C)C1(C)C. The van der Waals surface area contributed by atoms with Crippen molar-refractivity contribution in [2.45, 2.75) is 91.0 Å². The zero-order valence-electron chi connectivity index (χ0n) is 21.1. The summed E-state index contributed by atoms with van der Waals surface area (Å²) in [7, 11) is 0. The standard InChI is InChI=1S/C28H35F2N3O/c1-25(2)15-9-11-27(5,14-15)24(25)31-23(34)21-20-17-10-12-28(6,26(17,3)4)22(20)33(32-21)19-8-7-16(29)13-18(19)30/h7-8,13,15,17,24H,9-12,14H2,1-6H3,(H,31,34). The van der Waals surface area contributed by atoms with E-state index in [-0.39, 0.29) is 45.2 Å². The molecule has 5 unspecified atom stereocenters. The second-order valence-corrected chi connectivity index (χ2v) is 13.1. The minimum absolute atomic E-state index is 0.0295. The van der Waals surface area contributed by atoms with Gasteiger partial charge in [-0.25, -0.2) is 13.5 Å². The highest BCUT2D eigenvalue weighted by Crippen LogP contribution is 2.68. The van der Waals surface area contributed by atoms with Crippen LogP contribution in [0.5, 0.6) is 0 Å². The molecule has 4 aliphatic carbocycles. The molecule has 6 heteroatoms. The number of rotatable bonds is 3. The van der Waals surface area contributed by atoms with Gasteiger partial charge in [0, 0.05) is 23.1 Å². The Balaban J connectivity index is 1.48. The first kappa shape index (κ1) is 22.2. The number of fused-ring (bicyclic) bond motifs is 7. The number of carbonyl (C=O) groups excluding carboxylic acids is 1. The molecule has 4 aliphatic rings. The van der Waals surface area contributed by atoms with Gasteiger partial charge in [0.1, 0.15) is 11.5 Å². The number of amides is 1. The van der Waals surface area contributed by atoms with Crippen molar-refractivity contribution in [1.29, 1.82) is 0 Å². The molecule has 1 aromatic heterocycles. The Morgan fingerprint density at radius 3 is 2.47 bits per heavy atom. The number of hydrogen-bond donors (Lipinski definition) is 1. The van der Waals surface area contributed by atoms with Crippen LogP contribution in [0.2, 0.25) is 0 Å². The van der Waals surface area contributed by atoms with Crippen LogP contribution in [0.25, 0.3) is 5.69 Å². The number of hydrogen-bond acceptors (Lipinski definition) is 2. The van der Waals surface area contributed by atoms with Crippen molar-refractivity contribution in [3.05, 3.63) is 46.8 Å². The maximum Gasteiger partial charge on any atom is 0.272 e. The van der Waals surface area contributed by atoms with Gasteiger partial charge in [-0.1, -0.05) is 41.5 Å². The van der Waals surface area contributed by atoms with Crippen LogP contribution in [-0.4, -0.2) is 21.7 Å². The van der Waals surface area contributed by atoms with E-state index in [9.17, 15) is 13.6 Å². The van der Waals surface area contributed by atoms with Gasteiger partial charge in [-0.05, 0) is 72.3 Å². The highest BCUT2D eigenvalue weighted by Gasteiger charge is 2.64. The lowest BCUT2D eigenvalue weighted by atomic mass is 9.68. The third kappa shape index (κ3) is 2.52. The predicted molar refractivity (Wildman–Crippen MR) is 127 cm³/mol. The van der Waals surface area contributed by atoms with Crippen LogP contribution in [0.3, 0.4) is 0 Å². The molecule has 1 N–H and O–H groups in total. The summed E-state index contributed by atoms with van der Waals surface area (Å²) >= 11 is 0. The fourth-order valence-corrected chi connectivity index (χ4v) is 8.58. The van der Waals surface area contributed by atoms with E-state index in [0.717, 1.165) is 43.0 Å². The number of nitrogens with one attached hydrogen (secondary N) is 1. The second kappa shape index (κ2) is 6.50. The molecule has 0 saturated heterocycles. The van der Waals surface area contributed by atoms with E-state index in [1.807, 2.05) is 0 Å². The number of halogens is 2. The maximum atomic E-state index is 15.0. The van der Waals surface area contributed by atoms with E-state index in [1.165, 1.54) is 18.6 Å². The highest BCUT2D eigenvalue weighted by molar-refractivity contribution is 5.95. The van der Waals surface area contributed by atoms with E-state index in [1.54, 1.807) is 4.68 Å². The summed E-state index contributed by atoms with van der Waals surface area (Å²) in [5.74, 6) is -0.635. The molecular weight excluding hydrogens is 432 g/mol. The fourth-order valence-electron chi connectivity index (χ4n) is 8.58. The largest absolute Gasteiger partial charge is 0.347 e. The van der Waals surface area contributed by atoms with Crippen molar-refractivity contribution in [3.8, 4) is 5.69 Å². The van der Waals surface area contributed by atoms with Crippen molar-refractivity contribution in [2.75, 3.05) is 0 Å². The Morgan fingerprint density at radius 1 is 1.09 bits per heavy atom. The third-order valence-corrected chi connectivity index (χ3v) is 10.9. The zero-order valence-corrected chi connectivity index (χ0v) is 21.1. The Bertz CT molecular complexity index is 1230. The van der Waals surface area contributed by atoms with E-state index >= 15 is 0 Å². The molecular formula is C28H35F2N3O. The predicted octanol–water partition coefficient (Wildman–Crippen LogP) is 6.27. The molecule has 0 spiro atoms. The van der Waals surface area contributed by atoms with Gasteiger partial charge in [0.25, 0.3) is 5.91 Å². The first-order valence-corrected chi connectivity index (χ1v) is 12.7. The van der Waals surface area contributed by atoms with Crippen molar-refractivity contribution < 1.29 is 13.6 Å². The van der Waals surface area contributed by atoms with E-state index in [2.05, 4.69) is 46.9 Å². The van der Waals surface area contributed by atoms with Gasteiger partial charge >= 0.3 is 0 Å². The summed E-state index contributed by atoms with van der Waals surface area (Å²) in [6, 6.07) is 3.66. The van der Waals surface area contributed by atoms with Crippen LogP contribution in [-0.2, 0) is 5.41 Å². The fraction of sp³-hybridized carbons (Fsp3) is 0.643. The first-order chi connectivity index (χ1) is 15.8. The van der Waals surface area contributed by atoms with Crippen LogP contribution < -0.4 is 5.32 Å². The highest BCUT2D eigenvalue weighted by atomic mass is 19.1. The molecule has 1 amide bonds. The lowest BCUT2D eigenvalue weighted by molar-refractivity contribution is 0.0731. The van der Waals surface area contributed by atoms with Crippen molar-refractivity contribution in [1.82, 2.24) is 15.1 Å². The Hall–Kier alpha value is -2.24. The number of benzene rings is 1. The van der Waals surface area contributed by atoms with Crippen molar-refractivity contribution in [3.63, 3.8) is 0 Å². The molecule has 1 heterocycles. The van der Waals surface area contributed by atoms with Crippen LogP contribution >= 0.6 is 0 Å². The summed E-state index contributed by atoms with van der Waals surface area (Å²) in [4.78, 5) is 13.9. The summed E-state index contributed by atoms with van der Waals surface area (Å²) in [5, 5.41) is 8.17. The molecule has 3 fully saturated rings. The molecule has 182 valence electrons. The molecule has 0 radical (unpaired) electrons. The average molecular weight is 468 g/mol. The molecule has 2 aromatic rings. The Kier molecular flexibility index (Phi) is 4.25. The number of nitrogens with zero attached hydrogens (tertiary/aromatic N) is 2. The molecule has 1 aromatic carbocycles. The molecule has 34 heavy (non-hydrogen) atoms. The quantitative estimate of drug-likeness (QED) is 0.578. The minimum Gasteiger partial charge on any atom is -0.347 e. The van der Waals surface area contributed by atoms with Crippen molar-refractivity contribution in [2.24, 2.45) is 22.2 Å². The van der Waals surface area contributed by atoms with Gasteiger partial charge in [0.05, 0.1) is 5.69 Å². The van der Waals surface area contributed by atoms with Gasteiger partial charge in [-0.3, -0.25) is 4.79 Å². The monoisotopic (exact) mass is 467 g/mol. The molecule has 3 saturated carbocycles. The topological polar surface area (TPSA) is 46.9 Å². The summed E-state index contributed by atoms with van der Waals surface area (Å²) in [6.07, 6.45) is 5.45. The van der Waals surface area contributed by atoms with E-state index < -0.39 is 11.6 Å². The lowest BCUT2D eigenvalue weighted by Crippen LogP contribution is -2.52. The van der Waals surface area contributed by atoms with Gasteiger partial charge in [0.15, 0.2) is 11.5 Å². The zero-order chi connectivity index (χ0) is 24.4. The summed E-state index contributed by atoms with van der Waals surface area (Å²) < 4.78 is 30.3. The average Bonchev–Trinajstić information content (AvgIpc) is 3.46. The van der Waals surface area contributed by atoms with Crippen molar-refractivity contribution >= 4 is 5.91 Å². The van der Waals surface area contributed by atoms with Crippen LogP contribution in [0.15, 0.2) is 18.2 Å². The van der Waals surface area contributed by atoms with E-state index in [0.29, 0.717) is 11.6 Å². The van der Waals surface area contributed by atoms with Gasteiger partial charge < -0.3 is 5.32 Å². The third-order valence-electron chi connectivity index (χ3n) is 10.9. The first-order valence-electron chi connectivity index (χ1n) is 12.7. The normalized spacial score (nSPS) is 36.2. The molecule has 5 atom stereocenters. The summed E-state index contributed by atoms with van der Waals surface area (Å²) in [6.45, 7) is 13.6. The Morgan fingerprint density at radius 2 is 1.82 bits per heavy atom. The van der Waals surface area contributed by atoms with E-state index in [4.69, 9.17) is 5.10 Å². The maximum absolute atomic E-state index is 15.0. The minimum atomic E-state index is -0.664. The molecule has 6 rings (SSSR count). The Labute approximate surface area is 200 Å². The second-order valence-electron chi connectivity index (χ2n) is 13.1. The number of carbonyl (C=O) groups is 1. The van der Waals surface area contributed by atoms with Gasteiger partial charge in [0.2, 0.25) is 0 Å². The van der Waals surface area contributed by atoms with Gasteiger partial charge in [-0.2, -0.15) is 5.10 Å². The molecule has 4 nitrogen and oxygen atoms in total. The van der Waals surface area contributed by atoms with Crippen LogP contribution in [0.1, 0.15) is 101 Å². The van der Waals surface area contributed by atoms with Gasteiger partial charge in [-0.15, -0.1) is 0 Å². The summed E-state index contributed by atoms with van der Waals surface area (Å²) in [5.41, 5.74) is 2.32.